The molecular formula is C8H13F2N3. The van der Waals surface area contributed by atoms with Gasteiger partial charge in [0, 0.05) is 12.7 Å². The Morgan fingerprint density at radius 3 is 2.46 bits per heavy atom. The Bertz CT molecular complexity index is 285. The van der Waals surface area contributed by atoms with Gasteiger partial charge >= 0.3 is 0 Å². The molecule has 0 radical (unpaired) electrons. The summed E-state index contributed by atoms with van der Waals surface area (Å²) in [5, 5.41) is 3.91. The first-order valence-corrected chi connectivity index (χ1v) is 3.94. The molecule has 3 nitrogen and oxygen atoms in total. The molecule has 1 unspecified atom stereocenters. The molecule has 0 fully saturated rings. The summed E-state index contributed by atoms with van der Waals surface area (Å²) in [6.07, 6.45) is -2.61. The lowest BCUT2D eigenvalue weighted by atomic mass is 10.0. The maximum atomic E-state index is 12.5. The van der Waals surface area contributed by atoms with E-state index in [0.717, 1.165) is 5.69 Å². The summed E-state index contributed by atoms with van der Waals surface area (Å²) in [5.74, 6) is 0. The van der Waals surface area contributed by atoms with Crippen molar-refractivity contribution in [1.29, 1.82) is 0 Å². The number of aromatic nitrogens is 2. The zero-order chi connectivity index (χ0) is 10.2. The van der Waals surface area contributed by atoms with Crippen LogP contribution >= 0.6 is 0 Å². The molecule has 1 aromatic rings. The first-order chi connectivity index (χ1) is 5.85. The summed E-state index contributed by atoms with van der Waals surface area (Å²) in [6.45, 7) is 3.07. The normalized spacial score (nSPS) is 16.2. The fourth-order valence-electron chi connectivity index (χ4n) is 0.936. The summed E-state index contributed by atoms with van der Waals surface area (Å²) < 4.78 is 26.5. The first-order valence-electron chi connectivity index (χ1n) is 3.94. The van der Waals surface area contributed by atoms with Gasteiger partial charge in [-0.05, 0) is 19.9 Å². The van der Waals surface area contributed by atoms with Gasteiger partial charge in [0.2, 0.25) is 0 Å². The van der Waals surface area contributed by atoms with Gasteiger partial charge in [0.15, 0.2) is 0 Å². The summed E-state index contributed by atoms with van der Waals surface area (Å²) in [7, 11) is 1.69. The van der Waals surface area contributed by atoms with Gasteiger partial charge in [0.1, 0.15) is 5.54 Å². The fraction of sp³-hybridized carbons (Fsp3) is 0.625. The third-order valence-electron chi connectivity index (χ3n) is 2.12. The SMILES string of the molecule is Cc1cc(C(C)(N)C(F)F)nn1C. The van der Waals surface area contributed by atoms with Crippen LogP contribution in [0.15, 0.2) is 6.07 Å². The third kappa shape index (κ3) is 1.70. The molecule has 2 N–H and O–H groups in total. The van der Waals surface area contributed by atoms with Gasteiger partial charge in [-0.1, -0.05) is 0 Å². The van der Waals surface area contributed by atoms with Crippen molar-refractivity contribution in [1.82, 2.24) is 9.78 Å². The molecule has 0 spiro atoms. The van der Waals surface area contributed by atoms with Crippen LogP contribution in [-0.2, 0) is 12.6 Å². The van der Waals surface area contributed by atoms with E-state index < -0.39 is 12.0 Å². The van der Waals surface area contributed by atoms with Crippen LogP contribution in [0.25, 0.3) is 0 Å². The van der Waals surface area contributed by atoms with Gasteiger partial charge < -0.3 is 5.73 Å². The molecule has 0 amide bonds. The quantitative estimate of drug-likeness (QED) is 0.758. The minimum atomic E-state index is -2.61. The lowest BCUT2D eigenvalue weighted by molar-refractivity contribution is 0.0599. The predicted molar refractivity (Wildman–Crippen MR) is 45.5 cm³/mol. The number of aryl methyl sites for hydroxylation is 2. The molecule has 1 heterocycles. The van der Waals surface area contributed by atoms with Crippen molar-refractivity contribution in [3.8, 4) is 0 Å². The molecule has 13 heavy (non-hydrogen) atoms. The highest BCUT2D eigenvalue weighted by molar-refractivity contribution is 5.17. The van der Waals surface area contributed by atoms with Gasteiger partial charge in [-0.15, -0.1) is 0 Å². The van der Waals surface area contributed by atoms with E-state index >= 15 is 0 Å². The Labute approximate surface area is 75.5 Å². The molecule has 0 saturated carbocycles. The Morgan fingerprint density at radius 1 is 1.62 bits per heavy atom. The van der Waals surface area contributed by atoms with Crippen LogP contribution in [0, 0.1) is 6.92 Å². The Balaban J connectivity index is 3.07. The van der Waals surface area contributed by atoms with Gasteiger partial charge in [0.25, 0.3) is 6.43 Å². The maximum Gasteiger partial charge on any atom is 0.261 e. The standard InChI is InChI=1S/C8H13F2N3/c1-5-4-6(12-13(5)3)8(2,11)7(9)10/h4,7H,11H2,1-3H3. The zero-order valence-corrected chi connectivity index (χ0v) is 7.88. The van der Waals surface area contributed by atoms with E-state index in [1.165, 1.54) is 11.6 Å². The largest absolute Gasteiger partial charge is 0.316 e. The summed E-state index contributed by atoms with van der Waals surface area (Å²) in [4.78, 5) is 0. The molecule has 1 aromatic heterocycles. The van der Waals surface area contributed by atoms with Crippen LogP contribution in [0.4, 0.5) is 8.78 Å². The summed E-state index contributed by atoms with van der Waals surface area (Å²) in [6, 6.07) is 1.58. The van der Waals surface area contributed by atoms with Crippen molar-refractivity contribution in [2.24, 2.45) is 12.8 Å². The van der Waals surface area contributed by atoms with Crippen LogP contribution in [0.3, 0.4) is 0 Å². The number of halogens is 2. The summed E-state index contributed by atoms with van der Waals surface area (Å²) >= 11 is 0. The Morgan fingerprint density at radius 2 is 2.15 bits per heavy atom. The molecule has 0 aliphatic rings. The van der Waals surface area contributed by atoms with Crippen molar-refractivity contribution < 1.29 is 8.78 Å². The molecule has 1 rings (SSSR count). The van der Waals surface area contributed by atoms with Gasteiger partial charge in [-0.25, -0.2) is 8.78 Å². The molecule has 0 aromatic carbocycles. The maximum absolute atomic E-state index is 12.5. The number of hydrogen-bond acceptors (Lipinski definition) is 2. The van der Waals surface area contributed by atoms with Crippen LogP contribution in [0.1, 0.15) is 18.3 Å². The molecule has 5 heteroatoms. The van der Waals surface area contributed by atoms with E-state index in [1.54, 1.807) is 20.0 Å². The molecule has 0 aliphatic heterocycles. The number of alkyl halides is 2. The average molecular weight is 189 g/mol. The molecule has 1 atom stereocenters. The van der Waals surface area contributed by atoms with Crippen LogP contribution in [0.5, 0.6) is 0 Å². The molecule has 0 aliphatic carbocycles. The second kappa shape index (κ2) is 3.06. The number of rotatable bonds is 2. The second-order valence-corrected chi connectivity index (χ2v) is 3.38. The Kier molecular flexibility index (Phi) is 2.38. The van der Waals surface area contributed by atoms with Crippen molar-refractivity contribution >= 4 is 0 Å². The molecule has 0 bridgehead atoms. The number of nitrogens with zero attached hydrogens (tertiary/aromatic N) is 2. The van der Waals surface area contributed by atoms with Crippen LogP contribution in [0.2, 0.25) is 0 Å². The van der Waals surface area contributed by atoms with E-state index in [2.05, 4.69) is 5.10 Å². The second-order valence-electron chi connectivity index (χ2n) is 3.38. The topological polar surface area (TPSA) is 43.8 Å². The average Bonchev–Trinajstić information content (AvgIpc) is 2.32. The van der Waals surface area contributed by atoms with Crippen molar-refractivity contribution in [2.45, 2.75) is 25.8 Å². The van der Waals surface area contributed by atoms with E-state index in [4.69, 9.17) is 5.73 Å². The van der Waals surface area contributed by atoms with Crippen molar-refractivity contribution in [3.05, 3.63) is 17.5 Å². The van der Waals surface area contributed by atoms with Crippen LogP contribution in [-0.4, -0.2) is 16.2 Å². The molecule has 0 saturated heterocycles. The minimum absolute atomic E-state index is 0.225. The predicted octanol–water partition coefficient (Wildman–Crippen LogP) is 1.17. The summed E-state index contributed by atoms with van der Waals surface area (Å²) in [5.41, 5.74) is 4.81. The highest BCUT2D eigenvalue weighted by atomic mass is 19.3. The first kappa shape index (κ1) is 10.1. The van der Waals surface area contributed by atoms with Gasteiger partial charge in [0.05, 0.1) is 5.69 Å². The van der Waals surface area contributed by atoms with Crippen molar-refractivity contribution in [3.63, 3.8) is 0 Å². The van der Waals surface area contributed by atoms with E-state index in [1.807, 2.05) is 0 Å². The van der Waals surface area contributed by atoms with E-state index in [-0.39, 0.29) is 5.69 Å². The van der Waals surface area contributed by atoms with Crippen LogP contribution < -0.4 is 5.73 Å². The number of nitrogens with two attached hydrogens (primary N) is 1. The Hall–Kier alpha value is -0.970. The molecular weight excluding hydrogens is 176 g/mol. The van der Waals surface area contributed by atoms with E-state index in [0.29, 0.717) is 0 Å². The van der Waals surface area contributed by atoms with E-state index in [9.17, 15) is 8.78 Å². The third-order valence-corrected chi connectivity index (χ3v) is 2.12. The lowest BCUT2D eigenvalue weighted by Gasteiger charge is -2.20. The van der Waals surface area contributed by atoms with Gasteiger partial charge in [-0.2, -0.15) is 5.10 Å². The number of hydrogen-bond donors (Lipinski definition) is 1. The lowest BCUT2D eigenvalue weighted by Crippen LogP contribution is -2.41. The highest BCUT2D eigenvalue weighted by Crippen LogP contribution is 2.24. The zero-order valence-electron chi connectivity index (χ0n) is 7.88. The monoisotopic (exact) mass is 189 g/mol. The molecule has 74 valence electrons. The fourth-order valence-corrected chi connectivity index (χ4v) is 0.936. The van der Waals surface area contributed by atoms with Gasteiger partial charge in [-0.3, -0.25) is 4.68 Å². The minimum Gasteiger partial charge on any atom is -0.316 e. The van der Waals surface area contributed by atoms with Crippen molar-refractivity contribution in [2.75, 3.05) is 0 Å². The smallest absolute Gasteiger partial charge is 0.261 e. The highest BCUT2D eigenvalue weighted by Gasteiger charge is 2.34.